The monoisotopic (exact) mass is 298 g/mol. The summed E-state index contributed by atoms with van der Waals surface area (Å²) >= 11 is 3.13. The summed E-state index contributed by atoms with van der Waals surface area (Å²) in [5.74, 6) is -0.757. The Hall–Kier alpha value is -1.69. The summed E-state index contributed by atoms with van der Waals surface area (Å²) in [6.45, 7) is 0. The lowest BCUT2D eigenvalue weighted by Gasteiger charge is -2.07. The van der Waals surface area contributed by atoms with Gasteiger partial charge in [-0.15, -0.1) is 0 Å². The minimum atomic E-state index is -0.586. The Morgan fingerprint density at radius 2 is 2.12 bits per heavy atom. The summed E-state index contributed by atoms with van der Waals surface area (Å²) < 4.78 is 14.4. The fourth-order valence-electron chi connectivity index (χ4n) is 1.37. The maximum absolute atomic E-state index is 13.5. The number of nitrogens with zero attached hydrogens (tertiary/aromatic N) is 2. The molecule has 0 fully saturated rings. The van der Waals surface area contributed by atoms with Gasteiger partial charge in [-0.05, 0) is 12.1 Å². The van der Waals surface area contributed by atoms with Gasteiger partial charge in [0.2, 0.25) is 0 Å². The normalized spacial score (nSPS) is 10.5. The van der Waals surface area contributed by atoms with Gasteiger partial charge < -0.3 is 5.11 Å². The Bertz CT molecular complexity index is 613. The first-order chi connectivity index (χ1) is 8.13. The second-order valence-electron chi connectivity index (χ2n) is 3.31. The van der Waals surface area contributed by atoms with E-state index in [9.17, 15) is 14.3 Å². The van der Waals surface area contributed by atoms with Crippen molar-refractivity contribution in [2.45, 2.75) is 5.33 Å². The second-order valence-corrected chi connectivity index (χ2v) is 3.87. The molecule has 0 saturated heterocycles. The van der Waals surface area contributed by atoms with E-state index in [0.717, 1.165) is 10.7 Å². The molecule has 0 atom stereocenters. The number of aromatic nitrogens is 2. The predicted octanol–water partition coefficient (Wildman–Crippen LogP) is 1.97. The molecule has 2 rings (SSSR count). The van der Waals surface area contributed by atoms with Crippen LogP contribution < -0.4 is 5.56 Å². The van der Waals surface area contributed by atoms with Gasteiger partial charge in [-0.2, -0.15) is 9.78 Å². The van der Waals surface area contributed by atoms with E-state index in [2.05, 4.69) is 21.0 Å². The van der Waals surface area contributed by atoms with E-state index in [4.69, 9.17) is 0 Å². The third kappa shape index (κ3) is 2.21. The van der Waals surface area contributed by atoms with Crippen molar-refractivity contribution in [3.63, 3.8) is 0 Å². The van der Waals surface area contributed by atoms with Gasteiger partial charge in [0.15, 0.2) is 0 Å². The van der Waals surface area contributed by atoms with Gasteiger partial charge in [0.1, 0.15) is 22.9 Å². The molecule has 6 heteroatoms. The molecule has 0 aliphatic heterocycles. The van der Waals surface area contributed by atoms with Crippen LogP contribution in [0.2, 0.25) is 0 Å². The minimum absolute atomic E-state index is 0.0553. The molecule has 0 radical (unpaired) electrons. The largest absolute Gasteiger partial charge is 0.506 e. The lowest BCUT2D eigenvalue weighted by atomic mass is 10.3. The van der Waals surface area contributed by atoms with Crippen molar-refractivity contribution in [2.75, 3.05) is 0 Å². The predicted molar refractivity (Wildman–Crippen MR) is 64.1 cm³/mol. The summed E-state index contributed by atoms with van der Waals surface area (Å²) in [4.78, 5) is 11.6. The summed E-state index contributed by atoms with van der Waals surface area (Å²) in [6.07, 6.45) is 0. The van der Waals surface area contributed by atoms with E-state index in [1.54, 1.807) is 6.07 Å². The quantitative estimate of drug-likeness (QED) is 0.863. The van der Waals surface area contributed by atoms with Gasteiger partial charge in [-0.1, -0.05) is 28.1 Å². The van der Waals surface area contributed by atoms with Gasteiger partial charge in [0.05, 0.1) is 5.33 Å². The molecule has 0 unspecified atom stereocenters. The van der Waals surface area contributed by atoms with Crippen LogP contribution in [-0.4, -0.2) is 14.9 Å². The molecule has 0 aliphatic rings. The summed E-state index contributed by atoms with van der Waals surface area (Å²) in [6, 6.07) is 6.82. The molecule has 0 amide bonds. The average molecular weight is 299 g/mol. The van der Waals surface area contributed by atoms with Crippen molar-refractivity contribution in [1.29, 1.82) is 0 Å². The molecule has 0 spiro atoms. The number of hydrogen-bond donors (Lipinski definition) is 1. The Kier molecular flexibility index (Phi) is 3.23. The van der Waals surface area contributed by atoms with Crippen LogP contribution in [0.3, 0.4) is 0 Å². The Morgan fingerprint density at radius 1 is 1.41 bits per heavy atom. The number of rotatable bonds is 2. The van der Waals surface area contributed by atoms with Crippen molar-refractivity contribution in [3.05, 3.63) is 52.2 Å². The molecular formula is C11H8BrFN2O2. The van der Waals surface area contributed by atoms with Crippen LogP contribution in [0.5, 0.6) is 5.75 Å². The molecule has 0 aliphatic carbocycles. The van der Waals surface area contributed by atoms with Crippen LogP contribution >= 0.6 is 15.9 Å². The molecule has 2 aromatic rings. The topological polar surface area (TPSA) is 55.1 Å². The molecule has 88 valence electrons. The van der Waals surface area contributed by atoms with Crippen molar-refractivity contribution in [2.24, 2.45) is 0 Å². The summed E-state index contributed by atoms with van der Waals surface area (Å²) in [5.41, 5.74) is -0.259. The number of halogens is 2. The molecule has 1 aromatic heterocycles. The van der Waals surface area contributed by atoms with Crippen molar-refractivity contribution in [1.82, 2.24) is 9.78 Å². The van der Waals surface area contributed by atoms with Crippen LogP contribution in [0.4, 0.5) is 4.39 Å². The van der Waals surface area contributed by atoms with Gasteiger partial charge in [-0.3, -0.25) is 4.79 Å². The fraction of sp³-hybridized carbons (Fsp3) is 0.0909. The van der Waals surface area contributed by atoms with Crippen LogP contribution in [0.25, 0.3) is 5.69 Å². The Balaban J connectivity index is 2.68. The zero-order valence-corrected chi connectivity index (χ0v) is 10.2. The minimum Gasteiger partial charge on any atom is -0.506 e. The highest BCUT2D eigenvalue weighted by Crippen LogP contribution is 2.16. The zero-order valence-electron chi connectivity index (χ0n) is 8.60. The third-order valence-corrected chi connectivity index (χ3v) is 2.72. The molecule has 0 bridgehead atoms. The van der Waals surface area contributed by atoms with Crippen molar-refractivity contribution in [3.8, 4) is 11.4 Å². The first kappa shape index (κ1) is 11.8. The second kappa shape index (κ2) is 4.67. The molecular weight excluding hydrogens is 291 g/mol. The Morgan fingerprint density at radius 3 is 2.76 bits per heavy atom. The van der Waals surface area contributed by atoms with Crippen LogP contribution in [0, 0.1) is 5.82 Å². The van der Waals surface area contributed by atoms with Crippen LogP contribution in [0.1, 0.15) is 5.69 Å². The molecule has 4 nitrogen and oxygen atoms in total. The van der Waals surface area contributed by atoms with E-state index in [0.29, 0.717) is 0 Å². The molecule has 1 N–H and O–H groups in total. The fourth-order valence-corrected chi connectivity index (χ4v) is 1.77. The molecule has 0 saturated carbocycles. The van der Waals surface area contributed by atoms with E-state index in [1.807, 2.05) is 0 Å². The average Bonchev–Trinajstić information content (AvgIpc) is 2.31. The summed E-state index contributed by atoms with van der Waals surface area (Å²) in [7, 11) is 0. The van der Waals surface area contributed by atoms with Gasteiger partial charge in [-0.25, -0.2) is 4.39 Å². The van der Waals surface area contributed by atoms with E-state index >= 15 is 0 Å². The lowest BCUT2D eigenvalue weighted by molar-refractivity contribution is 0.459. The highest BCUT2D eigenvalue weighted by Gasteiger charge is 2.10. The molecule has 1 aromatic carbocycles. The summed E-state index contributed by atoms with van der Waals surface area (Å²) in [5, 5.41) is 13.6. The standard InChI is InChI=1S/C11H8BrFN2O2/c12-6-8-10(16)5-11(17)15(14-8)9-4-2-1-3-7(9)13/h1-5,16H,6H2. The Labute approximate surface area is 104 Å². The highest BCUT2D eigenvalue weighted by atomic mass is 79.9. The van der Waals surface area contributed by atoms with Gasteiger partial charge >= 0.3 is 0 Å². The third-order valence-electron chi connectivity index (χ3n) is 2.19. The van der Waals surface area contributed by atoms with E-state index in [1.165, 1.54) is 18.2 Å². The number of alkyl halides is 1. The smallest absolute Gasteiger partial charge is 0.275 e. The van der Waals surface area contributed by atoms with Crippen molar-refractivity contribution < 1.29 is 9.50 Å². The molecule has 1 heterocycles. The number of hydrogen-bond acceptors (Lipinski definition) is 3. The first-order valence-corrected chi connectivity index (χ1v) is 5.88. The number of aromatic hydroxyl groups is 1. The van der Waals surface area contributed by atoms with Crippen molar-refractivity contribution >= 4 is 15.9 Å². The van der Waals surface area contributed by atoms with E-state index in [-0.39, 0.29) is 22.5 Å². The maximum atomic E-state index is 13.5. The molecule has 17 heavy (non-hydrogen) atoms. The first-order valence-electron chi connectivity index (χ1n) is 4.76. The number of para-hydroxylation sites is 1. The van der Waals surface area contributed by atoms with Crippen LogP contribution in [0.15, 0.2) is 35.1 Å². The van der Waals surface area contributed by atoms with Gasteiger partial charge in [0, 0.05) is 6.07 Å². The van der Waals surface area contributed by atoms with Crippen LogP contribution in [-0.2, 0) is 5.33 Å². The van der Waals surface area contributed by atoms with E-state index < -0.39 is 11.4 Å². The highest BCUT2D eigenvalue weighted by molar-refractivity contribution is 9.08. The lowest BCUT2D eigenvalue weighted by Crippen LogP contribution is -2.22. The zero-order chi connectivity index (χ0) is 12.4. The maximum Gasteiger partial charge on any atom is 0.275 e. The van der Waals surface area contributed by atoms with Gasteiger partial charge in [0.25, 0.3) is 5.56 Å². The number of benzene rings is 1. The SMILES string of the molecule is O=c1cc(O)c(CBr)nn1-c1ccccc1F.